The molecule has 72 valence electrons. The summed E-state index contributed by atoms with van der Waals surface area (Å²) in [6, 6.07) is 1.20. The van der Waals surface area contributed by atoms with Crippen LogP contribution < -0.4 is 5.73 Å². The van der Waals surface area contributed by atoms with Gasteiger partial charge < -0.3 is 10.6 Å². The van der Waals surface area contributed by atoms with Gasteiger partial charge in [0.15, 0.2) is 0 Å². The van der Waals surface area contributed by atoms with Crippen LogP contribution in [0.3, 0.4) is 0 Å². The van der Waals surface area contributed by atoms with Gasteiger partial charge in [0.05, 0.1) is 0 Å². The molecule has 0 radical (unpaired) electrons. The zero-order chi connectivity index (χ0) is 8.97. The van der Waals surface area contributed by atoms with Crippen LogP contribution in [-0.4, -0.2) is 30.1 Å². The first-order valence-corrected chi connectivity index (χ1v) is 5.20. The van der Waals surface area contributed by atoms with Gasteiger partial charge in [0.2, 0.25) is 0 Å². The van der Waals surface area contributed by atoms with E-state index in [0.717, 1.165) is 6.04 Å². The molecule has 1 aliphatic heterocycles. The molecule has 12 heavy (non-hydrogen) atoms. The number of hydrogen-bond acceptors (Lipinski definition) is 2. The highest BCUT2D eigenvalue weighted by atomic mass is 15.2. The monoisotopic (exact) mass is 170 g/mol. The molecule has 0 saturated carbocycles. The van der Waals surface area contributed by atoms with Crippen molar-refractivity contribution >= 4 is 0 Å². The number of hydrogen-bond donors (Lipinski definition) is 1. The van der Waals surface area contributed by atoms with Crippen LogP contribution in [0.2, 0.25) is 0 Å². The van der Waals surface area contributed by atoms with Crippen molar-refractivity contribution in [3.8, 4) is 0 Å². The molecule has 1 fully saturated rings. The molecule has 0 aromatic heterocycles. The van der Waals surface area contributed by atoms with E-state index < -0.39 is 0 Å². The van der Waals surface area contributed by atoms with E-state index in [4.69, 9.17) is 5.73 Å². The van der Waals surface area contributed by atoms with Gasteiger partial charge >= 0.3 is 0 Å². The molecule has 2 nitrogen and oxygen atoms in total. The van der Waals surface area contributed by atoms with E-state index in [1.54, 1.807) is 0 Å². The molecule has 2 N–H and O–H groups in total. The lowest BCUT2D eigenvalue weighted by Gasteiger charge is -2.20. The summed E-state index contributed by atoms with van der Waals surface area (Å²) in [5.41, 5.74) is 5.69. The molecule has 2 heteroatoms. The highest BCUT2D eigenvalue weighted by Gasteiger charge is 2.18. The van der Waals surface area contributed by atoms with E-state index in [1.807, 2.05) is 0 Å². The molecular weight excluding hydrogens is 148 g/mol. The lowest BCUT2D eigenvalue weighted by atomic mass is 10.2. The summed E-state index contributed by atoms with van der Waals surface area (Å²) < 4.78 is 0. The Bertz CT molecular complexity index is 123. The largest absolute Gasteiger partial charge is 0.328 e. The zero-order valence-corrected chi connectivity index (χ0v) is 8.42. The van der Waals surface area contributed by atoms with Gasteiger partial charge in [0, 0.05) is 12.1 Å². The first kappa shape index (κ1) is 10.0. The maximum Gasteiger partial charge on any atom is 0.00674 e. The predicted octanol–water partition coefficient (Wildman–Crippen LogP) is 1.60. The van der Waals surface area contributed by atoms with Gasteiger partial charge in [-0.1, -0.05) is 0 Å². The third kappa shape index (κ3) is 3.11. The first-order chi connectivity index (χ1) is 5.70. The van der Waals surface area contributed by atoms with E-state index in [0.29, 0.717) is 6.04 Å². The van der Waals surface area contributed by atoms with Crippen molar-refractivity contribution in [2.45, 2.75) is 51.6 Å². The smallest absolute Gasteiger partial charge is 0.00674 e. The topological polar surface area (TPSA) is 29.3 Å². The van der Waals surface area contributed by atoms with E-state index >= 15 is 0 Å². The van der Waals surface area contributed by atoms with Gasteiger partial charge in [-0.05, 0) is 52.6 Å². The van der Waals surface area contributed by atoms with Crippen LogP contribution >= 0.6 is 0 Å². The number of nitrogens with two attached hydrogens (primary N) is 1. The molecule has 0 aromatic carbocycles. The van der Waals surface area contributed by atoms with Gasteiger partial charge in [-0.25, -0.2) is 0 Å². The quantitative estimate of drug-likeness (QED) is 0.694. The van der Waals surface area contributed by atoms with E-state index in [1.165, 1.54) is 38.8 Å². The molecule has 2 atom stereocenters. The van der Waals surface area contributed by atoms with Gasteiger partial charge in [0.25, 0.3) is 0 Å². The van der Waals surface area contributed by atoms with Crippen LogP contribution in [0.15, 0.2) is 0 Å². The fourth-order valence-electron chi connectivity index (χ4n) is 1.94. The fraction of sp³-hybridized carbons (Fsp3) is 1.00. The molecule has 2 unspecified atom stereocenters. The van der Waals surface area contributed by atoms with E-state index in [2.05, 4.69) is 18.7 Å². The summed E-state index contributed by atoms with van der Waals surface area (Å²) in [5.74, 6) is 0. The minimum absolute atomic E-state index is 0.378. The van der Waals surface area contributed by atoms with Crippen LogP contribution in [-0.2, 0) is 0 Å². The average molecular weight is 170 g/mol. The highest BCUT2D eigenvalue weighted by Crippen LogP contribution is 2.16. The van der Waals surface area contributed by atoms with Crippen molar-refractivity contribution in [3.63, 3.8) is 0 Å². The summed E-state index contributed by atoms with van der Waals surface area (Å²) in [6.45, 7) is 6.98. The maximum absolute atomic E-state index is 5.69. The Labute approximate surface area is 76.1 Å². The van der Waals surface area contributed by atoms with Gasteiger partial charge in [0.1, 0.15) is 0 Å². The Morgan fingerprint density at radius 2 is 2.33 bits per heavy atom. The van der Waals surface area contributed by atoms with Crippen LogP contribution in [0.25, 0.3) is 0 Å². The normalized spacial score (nSPS) is 27.8. The minimum atomic E-state index is 0.378. The van der Waals surface area contributed by atoms with Crippen LogP contribution in [0.1, 0.15) is 39.5 Å². The molecule has 1 aliphatic rings. The highest BCUT2D eigenvalue weighted by molar-refractivity contribution is 4.74. The third-order valence-corrected chi connectivity index (χ3v) is 2.80. The molecule has 0 bridgehead atoms. The van der Waals surface area contributed by atoms with Crippen LogP contribution in [0.5, 0.6) is 0 Å². The van der Waals surface area contributed by atoms with Crippen molar-refractivity contribution in [3.05, 3.63) is 0 Å². The Hall–Kier alpha value is -0.0800. The SMILES string of the molecule is CC(N)CCCN1CCCC1C. The first-order valence-electron chi connectivity index (χ1n) is 5.20. The summed E-state index contributed by atoms with van der Waals surface area (Å²) >= 11 is 0. The van der Waals surface area contributed by atoms with E-state index in [9.17, 15) is 0 Å². The Kier molecular flexibility index (Phi) is 4.02. The number of rotatable bonds is 4. The molecule has 1 saturated heterocycles. The lowest BCUT2D eigenvalue weighted by molar-refractivity contribution is 0.261. The predicted molar refractivity (Wildman–Crippen MR) is 53.2 cm³/mol. The van der Waals surface area contributed by atoms with Crippen LogP contribution in [0.4, 0.5) is 0 Å². The Balaban J connectivity index is 2.06. The van der Waals surface area contributed by atoms with Gasteiger partial charge in [-0.3, -0.25) is 0 Å². The molecular formula is C10H22N2. The molecule has 0 aromatic rings. The summed E-state index contributed by atoms with van der Waals surface area (Å²) in [6.07, 6.45) is 5.21. The van der Waals surface area contributed by atoms with Crippen molar-refractivity contribution in [1.29, 1.82) is 0 Å². The van der Waals surface area contributed by atoms with E-state index in [-0.39, 0.29) is 0 Å². The summed E-state index contributed by atoms with van der Waals surface area (Å²) in [5, 5.41) is 0. The van der Waals surface area contributed by atoms with Crippen molar-refractivity contribution < 1.29 is 0 Å². The Morgan fingerprint density at radius 3 is 2.83 bits per heavy atom. The second-order valence-electron chi connectivity index (χ2n) is 4.15. The molecule has 0 spiro atoms. The lowest BCUT2D eigenvalue weighted by Crippen LogP contribution is -2.29. The van der Waals surface area contributed by atoms with Gasteiger partial charge in [-0.15, -0.1) is 0 Å². The Morgan fingerprint density at radius 1 is 1.58 bits per heavy atom. The number of likely N-dealkylation sites (tertiary alicyclic amines) is 1. The van der Waals surface area contributed by atoms with Crippen molar-refractivity contribution in [2.75, 3.05) is 13.1 Å². The molecule has 1 heterocycles. The van der Waals surface area contributed by atoms with Gasteiger partial charge in [-0.2, -0.15) is 0 Å². The maximum atomic E-state index is 5.69. The van der Waals surface area contributed by atoms with Crippen LogP contribution in [0, 0.1) is 0 Å². The fourth-order valence-corrected chi connectivity index (χ4v) is 1.94. The molecule has 0 aliphatic carbocycles. The molecule has 1 rings (SSSR count). The number of nitrogens with zero attached hydrogens (tertiary/aromatic N) is 1. The second kappa shape index (κ2) is 4.83. The summed E-state index contributed by atoms with van der Waals surface area (Å²) in [4.78, 5) is 2.59. The second-order valence-corrected chi connectivity index (χ2v) is 4.15. The van der Waals surface area contributed by atoms with Crippen molar-refractivity contribution in [1.82, 2.24) is 4.90 Å². The zero-order valence-electron chi connectivity index (χ0n) is 8.42. The molecule has 0 amide bonds. The minimum Gasteiger partial charge on any atom is -0.328 e. The summed E-state index contributed by atoms with van der Waals surface area (Å²) in [7, 11) is 0. The third-order valence-electron chi connectivity index (χ3n) is 2.80. The standard InChI is InChI=1S/C10H22N2/c1-9(11)5-3-7-12-8-4-6-10(12)2/h9-10H,3-8,11H2,1-2H3. The average Bonchev–Trinajstić information content (AvgIpc) is 2.36. The van der Waals surface area contributed by atoms with Crippen molar-refractivity contribution in [2.24, 2.45) is 5.73 Å².